The lowest BCUT2D eigenvalue weighted by Crippen LogP contribution is -2.49. The van der Waals surface area contributed by atoms with Crippen LogP contribution in [0.3, 0.4) is 0 Å². The molecular formula is C22H26N4O. The van der Waals surface area contributed by atoms with Gasteiger partial charge in [0.1, 0.15) is 5.82 Å². The third kappa shape index (κ3) is 3.15. The van der Waals surface area contributed by atoms with Crippen molar-refractivity contribution in [1.82, 2.24) is 14.9 Å². The number of ether oxygens (including phenoxy) is 1. The van der Waals surface area contributed by atoms with Crippen LogP contribution in [0.5, 0.6) is 0 Å². The molecule has 0 saturated carbocycles. The fourth-order valence-corrected chi connectivity index (χ4v) is 4.57. The first-order valence-corrected chi connectivity index (χ1v) is 10.0. The van der Waals surface area contributed by atoms with Crippen LogP contribution in [0, 0.1) is 6.92 Å². The summed E-state index contributed by atoms with van der Waals surface area (Å²) in [4.78, 5) is 14.6. The van der Waals surface area contributed by atoms with Gasteiger partial charge >= 0.3 is 0 Å². The zero-order chi connectivity index (χ0) is 18.2. The molecule has 0 spiro atoms. The Kier molecular flexibility index (Phi) is 4.42. The van der Waals surface area contributed by atoms with Crippen molar-refractivity contribution in [2.75, 3.05) is 44.3 Å². The van der Waals surface area contributed by atoms with Crippen LogP contribution in [-0.4, -0.2) is 60.3 Å². The number of anilines is 1. The lowest BCUT2D eigenvalue weighted by molar-refractivity contribution is 0.0115. The molecule has 27 heavy (non-hydrogen) atoms. The van der Waals surface area contributed by atoms with Crippen molar-refractivity contribution in [3.05, 3.63) is 42.2 Å². The summed E-state index contributed by atoms with van der Waals surface area (Å²) in [5.74, 6) is 1.12. The van der Waals surface area contributed by atoms with Gasteiger partial charge in [-0.05, 0) is 37.5 Å². The number of benzene rings is 1. The van der Waals surface area contributed by atoms with Crippen LogP contribution in [-0.2, 0) is 4.74 Å². The quantitative estimate of drug-likeness (QED) is 0.654. The number of morpholine rings is 1. The van der Waals surface area contributed by atoms with Gasteiger partial charge < -0.3 is 9.64 Å². The van der Waals surface area contributed by atoms with E-state index < -0.39 is 0 Å². The van der Waals surface area contributed by atoms with Crippen LogP contribution >= 0.6 is 0 Å². The number of nitrogens with zero attached hydrogens (tertiary/aromatic N) is 4. The largest absolute Gasteiger partial charge is 0.379 e. The molecule has 5 rings (SSSR count). The maximum absolute atomic E-state index is 5.51. The third-order valence-electron chi connectivity index (χ3n) is 6.06. The summed E-state index contributed by atoms with van der Waals surface area (Å²) in [5, 5.41) is 3.61. The Balaban J connectivity index is 1.47. The Bertz CT molecular complexity index is 959. The first-order chi connectivity index (χ1) is 13.3. The minimum Gasteiger partial charge on any atom is -0.379 e. The molecule has 4 heterocycles. The monoisotopic (exact) mass is 362 g/mol. The van der Waals surface area contributed by atoms with E-state index in [0.29, 0.717) is 6.04 Å². The number of aryl methyl sites for hydroxylation is 1. The third-order valence-corrected chi connectivity index (χ3v) is 6.06. The molecule has 0 atom stereocenters. The summed E-state index contributed by atoms with van der Waals surface area (Å²) >= 11 is 0. The SMILES string of the molecule is Cc1ccc2c(c1)nc(N1CCC(N3CCOCC3)CC1)c1ccncc12. The van der Waals surface area contributed by atoms with Crippen LogP contribution in [0.1, 0.15) is 18.4 Å². The second kappa shape index (κ2) is 7.06. The fourth-order valence-electron chi connectivity index (χ4n) is 4.57. The second-order valence-corrected chi connectivity index (χ2v) is 7.74. The van der Waals surface area contributed by atoms with E-state index in [1.165, 1.54) is 34.6 Å². The Labute approximate surface area is 160 Å². The summed E-state index contributed by atoms with van der Waals surface area (Å²) in [6.45, 7) is 8.15. The van der Waals surface area contributed by atoms with Gasteiger partial charge in [0.25, 0.3) is 0 Å². The van der Waals surface area contributed by atoms with Crippen molar-refractivity contribution in [2.45, 2.75) is 25.8 Å². The first kappa shape index (κ1) is 16.9. The molecule has 0 radical (unpaired) electrons. The summed E-state index contributed by atoms with van der Waals surface area (Å²) in [5.41, 5.74) is 2.32. The average Bonchev–Trinajstić information content (AvgIpc) is 2.74. The zero-order valence-corrected chi connectivity index (χ0v) is 15.9. The van der Waals surface area contributed by atoms with E-state index >= 15 is 0 Å². The summed E-state index contributed by atoms with van der Waals surface area (Å²) in [6, 6.07) is 9.32. The van der Waals surface area contributed by atoms with E-state index in [0.717, 1.165) is 50.7 Å². The molecule has 140 valence electrons. The van der Waals surface area contributed by atoms with Gasteiger partial charge in [0.2, 0.25) is 0 Å². The first-order valence-electron chi connectivity index (χ1n) is 10.0. The van der Waals surface area contributed by atoms with Gasteiger partial charge in [0, 0.05) is 60.8 Å². The van der Waals surface area contributed by atoms with Crippen molar-refractivity contribution < 1.29 is 4.74 Å². The average molecular weight is 362 g/mol. The normalized spacial score (nSPS) is 19.8. The van der Waals surface area contributed by atoms with E-state index in [9.17, 15) is 0 Å². The minimum atomic E-state index is 0.681. The van der Waals surface area contributed by atoms with Gasteiger partial charge in [-0.2, -0.15) is 0 Å². The Hall–Kier alpha value is -2.24. The van der Waals surface area contributed by atoms with Crippen molar-refractivity contribution in [3.8, 4) is 0 Å². The predicted octanol–water partition coefficient (Wildman–Crippen LogP) is 3.39. The maximum Gasteiger partial charge on any atom is 0.137 e. The number of hydrogen-bond acceptors (Lipinski definition) is 5. The maximum atomic E-state index is 5.51. The van der Waals surface area contributed by atoms with Gasteiger partial charge in [-0.15, -0.1) is 0 Å². The summed E-state index contributed by atoms with van der Waals surface area (Å²) in [6.07, 6.45) is 6.26. The highest BCUT2D eigenvalue weighted by atomic mass is 16.5. The van der Waals surface area contributed by atoms with Crippen molar-refractivity contribution in [1.29, 1.82) is 0 Å². The van der Waals surface area contributed by atoms with E-state index in [2.05, 4.69) is 46.0 Å². The molecule has 0 aliphatic carbocycles. The second-order valence-electron chi connectivity index (χ2n) is 7.74. The van der Waals surface area contributed by atoms with Crippen LogP contribution in [0.4, 0.5) is 5.82 Å². The molecule has 5 heteroatoms. The van der Waals surface area contributed by atoms with Gasteiger partial charge in [0.15, 0.2) is 0 Å². The van der Waals surface area contributed by atoms with Crippen LogP contribution in [0.25, 0.3) is 21.7 Å². The standard InChI is InChI=1S/C22H26N4O/c1-16-2-3-18-20-15-23-7-4-19(20)22(24-21(18)14-16)26-8-5-17(6-9-26)25-10-12-27-13-11-25/h2-4,7,14-15,17H,5-6,8-13H2,1H3. The molecular weight excluding hydrogens is 336 g/mol. The Morgan fingerprint density at radius 3 is 2.59 bits per heavy atom. The molecule has 2 aliphatic rings. The molecule has 0 N–H and O–H groups in total. The number of piperidine rings is 1. The van der Waals surface area contributed by atoms with Crippen LogP contribution in [0.15, 0.2) is 36.7 Å². The van der Waals surface area contributed by atoms with E-state index in [4.69, 9.17) is 9.72 Å². The summed E-state index contributed by atoms with van der Waals surface area (Å²) in [7, 11) is 0. The lowest BCUT2D eigenvalue weighted by atomic mass is 10.0. The number of hydrogen-bond donors (Lipinski definition) is 0. The van der Waals surface area contributed by atoms with E-state index in [1.807, 2.05) is 12.4 Å². The Morgan fingerprint density at radius 2 is 1.78 bits per heavy atom. The zero-order valence-electron chi connectivity index (χ0n) is 15.9. The topological polar surface area (TPSA) is 41.5 Å². The molecule has 0 amide bonds. The number of fused-ring (bicyclic) bond motifs is 3. The van der Waals surface area contributed by atoms with Gasteiger partial charge in [-0.1, -0.05) is 12.1 Å². The fraction of sp³-hybridized carbons (Fsp3) is 0.455. The molecule has 1 aromatic carbocycles. The highest BCUT2D eigenvalue weighted by Gasteiger charge is 2.27. The molecule has 0 bridgehead atoms. The van der Waals surface area contributed by atoms with E-state index in [-0.39, 0.29) is 0 Å². The minimum absolute atomic E-state index is 0.681. The van der Waals surface area contributed by atoms with Crippen molar-refractivity contribution in [3.63, 3.8) is 0 Å². The van der Waals surface area contributed by atoms with E-state index in [1.54, 1.807) is 0 Å². The molecule has 2 saturated heterocycles. The van der Waals surface area contributed by atoms with Crippen LogP contribution in [0.2, 0.25) is 0 Å². The van der Waals surface area contributed by atoms with Crippen molar-refractivity contribution >= 4 is 27.5 Å². The molecule has 5 nitrogen and oxygen atoms in total. The van der Waals surface area contributed by atoms with Crippen molar-refractivity contribution in [2.24, 2.45) is 0 Å². The molecule has 2 aliphatic heterocycles. The Morgan fingerprint density at radius 1 is 0.963 bits per heavy atom. The van der Waals surface area contributed by atoms with Crippen LogP contribution < -0.4 is 4.90 Å². The molecule has 2 aromatic heterocycles. The predicted molar refractivity (Wildman–Crippen MR) is 109 cm³/mol. The molecule has 2 fully saturated rings. The molecule has 0 unspecified atom stereocenters. The number of rotatable bonds is 2. The molecule has 3 aromatic rings. The summed E-state index contributed by atoms with van der Waals surface area (Å²) < 4.78 is 5.51. The number of pyridine rings is 2. The highest BCUT2D eigenvalue weighted by Crippen LogP contribution is 2.33. The lowest BCUT2D eigenvalue weighted by Gasteiger charge is -2.40. The number of aromatic nitrogens is 2. The van der Waals surface area contributed by atoms with Gasteiger partial charge in [-0.3, -0.25) is 9.88 Å². The highest BCUT2D eigenvalue weighted by molar-refractivity contribution is 6.09. The van der Waals surface area contributed by atoms with Gasteiger partial charge in [-0.25, -0.2) is 4.98 Å². The smallest absolute Gasteiger partial charge is 0.137 e. The van der Waals surface area contributed by atoms with Gasteiger partial charge in [0.05, 0.1) is 18.7 Å².